The molecule has 0 aliphatic carbocycles. The van der Waals surface area contributed by atoms with Crippen molar-refractivity contribution in [3.63, 3.8) is 0 Å². The zero-order valence-electron chi connectivity index (χ0n) is 14.4. The summed E-state index contributed by atoms with van der Waals surface area (Å²) in [5.41, 5.74) is -0.317. The van der Waals surface area contributed by atoms with Gasteiger partial charge in [0, 0.05) is 25.2 Å². The molecule has 0 radical (unpaired) electrons. The van der Waals surface area contributed by atoms with Crippen LogP contribution in [0.15, 0.2) is 47.4 Å². The molecule has 0 spiro atoms. The van der Waals surface area contributed by atoms with Crippen LogP contribution in [-0.2, 0) is 22.7 Å². The van der Waals surface area contributed by atoms with Gasteiger partial charge in [0.2, 0.25) is 10.0 Å². The molecule has 26 heavy (non-hydrogen) atoms. The van der Waals surface area contributed by atoms with E-state index >= 15 is 0 Å². The van der Waals surface area contributed by atoms with Gasteiger partial charge in [-0.25, -0.2) is 8.42 Å². The molecule has 0 aliphatic heterocycles. The van der Waals surface area contributed by atoms with E-state index in [0.29, 0.717) is 17.1 Å². The molecule has 0 atom stereocenters. The topological polar surface area (TPSA) is 55.8 Å². The molecule has 0 bridgehead atoms. The molecular formula is C17H18F3NO4S. The number of hydrogen-bond acceptors (Lipinski definition) is 4. The maximum atomic E-state index is 12.6. The lowest BCUT2D eigenvalue weighted by atomic mass is 10.2. The highest BCUT2D eigenvalue weighted by Gasteiger charge is 2.31. The predicted octanol–water partition coefficient (Wildman–Crippen LogP) is 3.54. The molecule has 0 heterocycles. The summed E-state index contributed by atoms with van der Waals surface area (Å²) in [7, 11) is 0.326. The van der Waals surface area contributed by atoms with Gasteiger partial charge in [-0.05, 0) is 30.3 Å². The highest BCUT2D eigenvalue weighted by molar-refractivity contribution is 7.89. The minimum absolute atomic E-state index is 0.0173. The van der Waals surface area contributed by atoms with Gasteiger partial charge >= 0.3 is 6.18 Å². The first-order valence-corrected chi connectivity index (χ1v) is 8.88. The van der Waals surface area contributed by atoms with Gasteiger partial charge in [0.15, 0.2) is 0 Å². The minimum Gasteiger partial charge on any atom is -0.497 e. The normalized spacial score (nSPS) is 12.3. The van der Waals surface area contributed by atoms with Crippen molar-refractivity contribution in [1.29, 1.82) is 0 Å². The van der Waals surface area contributed by atoms with E-state index in [1.165, 1.54) is 21.3 Å². The van der Waals surface area contributed by atoms with E-state index in [1.54, 1.807) is 18.2 Å². The summed E-state index contributed by atoms with van der Waals surface area (Å²) in [4.78, 5) is -0.222. The Bertz CT molecular complexity index is 865. The van der Waals surface area contributed by atoms with E-state index in [0.717, 1.165) is 28.6 Å². The largest absolute Gasteiger partial charge is 0.497 e. The Labute approximate surface area is 150 Å². The van der Waals surface area contributed by atoms with Crippen molar-refractivity contribution in [2.75, 3.05) is 21.3 Å². The Morgan fingerprint density at radius 2 is 1.62 bits per heavy atom. The Morgan fingerprint density at radius 1 is 1.00 bits per heavy atom. The Balaban J connectivity index is 2.27. The van der Waals surface area contributed by atoms with Crippen molar-refractivity contribution in [1.82, 2.24) is 4.31 Å². The second-order valence-electron chi connectivity index (χ2n) is 5.46. The van der Waals surface area contributed by atoms with Crippen molar-refractivity contribution in [2.45, 2.75) is 17.6 Å². The number of hydrogen-bond donors (Lipinski definition) is 0. The Morgan fingerprint density at radius 3 is 2.12 bits per heavy atom. The first-order chi connectivity index (χ1) is 12.1. The maximum Gasteiger partial charge on any atom is 0.416 e. The van der Waals surface area contributed by atoms with Crippen LogP contribution in [0.3, 0.4) is 0 Å². The summed E-state index contributed by atoms with van der Waals surface area (Å²) >= 11 is 0. The average molecular weight is 389 g/mol. The number of nitrogens with zero attached hydrogens (tertiary/aromatic N) is 1. The zero-order valence-corrected chi connectivity index (χ0v) is 15.2. The molecular weight excluding hydrogens is 371 g/mol. The van der Waals surface area contributed by atoms with Gasteiger partial charge in [-0.2, -0.15) is 17.5 Å². The van der Waals surface area contributed by atoms with Crippen molar-refractivity contribution >= 4 is 10.0 Å². The lowest BCUT2D eigenvalue weighted by molar-refractivity contribution is -0.137. The Hall–Kier alpha value is -2.26. The van der Waals surface area contributed by atoms with Crippen LogP contribution in [0.1, 0.15) is 11.1 Å². The van der Waals surface area contributed by atoms with E-state index in [4.69, 9.17) is 9.47 Å². The molecule has 0 amide bonds. The van der Waals surface area contributed by atoms with Gasteiger partial charge in [-0.3, -0.25) is 0 Å². The highest BCUT2D eigenvalue weighted by atomic mass is 32.2. The molecule has 2 aromatic carbocycles. The van der Waals surface area contributed by atoms with Crippen LogP contribution in [0.5, 0.6) is 11.5 Å². The first-order valence-electron chi connectivity index (χ1n) is 7.44. The molecule has 9 heteroatoms. The summed E-state index contributed by atoms with van der Waals surface area (Å²) in [6, 6.07) is 8.32. The fraction of sp³-hybridized carbons (Fsp3) is 0.294. The first kappa shape index (κ1) is 20.1. The fourth-order valence-electron chi connectivity index (χ4n) is 2.30. The lowest BCUT2D eigenvalue weighted by Gasteiger charge is -2.19. The standard InChI is InChI=1S/C17H18F3NO4S/c1-21(11-12-4-7-14(24-2)10-16(12)25-3)26(22,23)15-8-5-13(6-9-15)17(18,19)20/h4-10H,11H2,1-3H3. The molecule has 2 rings (SSSR count). The van der Waals surface area contributed by atoms with E-state index in [-0.39, 0.29) is 11.4 Å². The van der Waals surface area contributed by atoms with E-state index in [9.17, 15) is 21.6 Å². The lowest BCUT2D eigenvalue weighted by Crippen LogP contribution is -2.26. The number of methoxy groups -OCH3 is 2. The van der Waals surface area contributed by atoms with Crippen LogP contribution in [0, 0.1) is 0 Å². The molecule has 0 unspecified atom stereocenters. The summed E-state index contributed by atoms with van der Waals surface area (Å²) in [5.74, 6) is 0.998. The van der Waals surface area contributed by atoms with Crippen molar-refractivity contribution < 1.29 is 31.1 Å². The quantitative estimate of drug-likeness (QED) is 0.758. The van der Waals surface area contributed by atoms with Crippen LogP contribution in [-0.4, -0.2) is 34.0 Å². The summed E-state index contributed by atoms with van der Waals surface area (Å²) in [6.07, 6.45) is -4.52. The van der Waals surface area contributed by atoms with Crippen LogP contribution >= 0.6 is 0 Å². The SMILES string of the molecule is COc1ccc(CN(C)S(=O)(=O)c2ccc(C(F)(F)F)cc2)c(OC)c1. The van der Waals surface area contributed by atoms with Gasteiger partial charge in [0.1, 0.15) is 11.5 Å². The third kappa shape index (κ3) is 4.28. The number of halogens is 3. The maximum absolute atomic E-state index is 12.6. The molecule has 0 aromatic heterocycles. The minimum atomic E-state index is -4.52. The average Bonchev–Trinajstić information content (AvgIpc) is 2.61. The van der Waals surface area contributed by atoms with Gasteiger partial charge in [-0.1, -0.05) is 6.07 Å². The number of ether oxygens (including phenoxy) is 2. The molecule has 0 saturated carbocycles. The third-order valence-corrected chi connectivity index (χ3v) is 5.59. The van der Waals surface area contributed by atoms with Crippen LogP contribution < -0.4 is 9.47 Å². The number of sulfonamides is 1. The summed E-state index contributed by atoms with van der Waals surface area (Å²) in [5, 5.41) is 0. The van der Waals surface area contributed by atoms with E-state index in [1.807, 2.05) is 0 Å². The molecule has 0 N–H and O–H groups in total. The molecule has 142 valence electrons. The second kappa shape index (κ2) is 7.55. The fourth-order valence-corrected chi connectivity index (χ4v) is 3.45. The molecule has 0 aliphatic rings. The highest BCUT2D eigenvalue weighted by Crippen LogP contribution is 2.31. The predicted molar refractivity (Wildman–Crippen MR) is 89.6 cm³/mol. The van der Waals surface area contributed by atoms with Crippen molar-refractivity contribution in [3.8, 4) is 11.5 Å². The molecule has 0 fully saturated rings. The van der Waals surface area contributed by atoms with Crippen LogP contribution in [0.2, 0.25) is 0 Å². The second-order valence-corrected chi connectivity index (χ2v) is 7.51. The number of rotatable bonds is 6. The van der Waals surface area contributed by atoms with Crippen LogP contribution in [0.25, 0.3) is 0 Å². The molecule has 0 saturated heterocycles. The number of alkyl halides is 3. The van der Waals surface area contributed by atoms with E-state index < -0.39 is 21.8 Å². The number of benzene rings is 2. The Kier molecular flexibility index (Phi) is 5.82. The molecule has 5 nitrogen and oxygen atoms in total. The molecule has 2 aromatic rings. The van der Waals surface area contributed by atoms with Gasteiger partial charge < -0.3 is 9.47 Å². The van der Waals surface area contributed by atoms with E-state index in [2.05, 4.69) is 0 Å². The monoisotopic (exact) mass is 389 g/mol. The summed E-state index contributed by atoms with van der Waals surface area (Å²) < 4.78 is 74.4. The van der Waals surface area contributed by atoms with Crippen LogP contribution in [0.4, 0.5) is 13.2 Å². The summed E-state index contributed by atoms with van der Waals surface area (Å²) in [6.45, 7) is -0.0173. The van der Waals surface area contributed by atoms with Crippen molar-refractivity contribution in [3.05, 3.63) is 53.6 Å². The smallest absolute Gasteiger partial charge is 0.416 e. The van der Waals surface area contributed by atoms with Crippen molar-refractivity contribution in [2.24, 2.45) is 0 Å². The van der Waals surface area contributed by atoms with Gasteiger partial charge in [0.25, 0.3) is 0 Å². The van der Waals surface area contributed by atoms with Gasteiger partial charge in [-0.15, -0.1) is 0 Å². The van der Waals surface area contributed by atoms with Gasteiger partial charge in [0.05, 0.1) is 24.7 Å². The third-order valence-electron chi connectivity index (χ3n) is 3.78. The zero-order chi connectivity index (χ0) is 19.5.